The van der Waals surface area contributed by atoms with E-state index >= 15 is 0 Å². The highest BCUT2D eigenvalue weighted by atomic mass is 32.2. The van der Waals surface area contributed by atoms with Gasteiger partial charge in [0, 0.05) is 13.1 Å². The van der Waals surface area contributed by atoms with Crippen molar-refractivity contribution in [1.82, 2.24) is 4.31 Å². The Kier molecular flexibility index (Phi) is 5.00. The Bertz CT molecular complexity index is 585. The van der Waals surface area contributed by atoms with E-state index < -0.39 is 21.9 Å². The highest BCUT2D eigenvalue weighted by Crippen LogP contribution is 2.30. The second-order valence-electron chi connectivity index (χ2n) is 5.67. The van der Waals surface area contributed by atoms with Crippen molar-refractivity contribution in [2.75, 3.05) is 19.3 Å². The summed E-state index contributed by atoms with van der Waals surface area (Å²) in [6.45, 7) is 0.966. The van der Waals surface area contributed by atoms with Crippen LogP contribution in [-0.2, 0) is 14.8 Å². The van der Waals surface area contributed by atoms with Crippen LogP contribution in [0.15, 0.2) is 30.3 Å². The number of carboxylic acid groups (broad SMARTS) is 1. The van der Waals surface area contributed by atoms with Gasteiger partial charge in [0.1, 0.15) is 0 Å². The predicted molar refractivity (Wildman–Crippen MR) is 80.6 cm³/mol. The number of carboxylic acids is 1. The second kappa shape index (κ2) is 6.58. The molecule has 1 aromatic rings. The molecule has 0 aliphatic carbocycles. The lowest BCUT2D eigenvalue weighted by Gasteiger charge is -2.32. The number of rotatable bonds is 5. The number of nitrogens with zero attached hydrogens (tertiary/aromatic N) is 1. The van der Waals surface area contributed by atoms with Gasteiger partial charge >= 0.3 is 5.97 Å². The summed E-state index contributed by atoms with van der Waals surface area (Å²) < 4.78 is 24.7. The average Bonchev–Trinajstić information content (AvgIpc) is 2.45. The standard InChI is InChI=1S/C15H21NO4S/c1-21(19,20)16-9-5-6-12(11-16)10-14(15(17)18)13-7-3-2-4-8-13/h2-4,7-8,12,14H,5-6,9-11H2,1H3,(H,17,18). The topological polar surface area (TPSA) is 74.7 Å². The maximum absolute atomic E-state index is 11.6. The van der Waals surface area contributed by atoms with Gasteiger partial charge in [0.25, 0.3) is 0 Å². The zero-order valence-corrected chi connectivity index (χ0v) is 12.9. The van der Waals surface area contributed by atoms with Gasteiger partial charge in [0.2, 0.25) is 10.0 Å². The normalized spacial score (nSPS) is 21.9. The molecule has 1 aromatic carbocycles. The summed E-state index contributed by atoms with van der Waals surface area (Å²) in [5.41, 5.74) is 0.779. The van der Waals surface area contributed by atoms with Crippen molar-refractivity contribution in [3.63, 3.8) is 0 Å². The number of benzene rings is 1. The smallest absolute Gasteiger partial charge is 0.310 e. The number of aliphatic carboxylic acids is 1. The number of carbonyl (C=O) groups is 1. The van der Waals surface area contributed by atoms with Crippen LogP contribution in [0.5, 0.6) is 0 Å². The molecule has 0 radical (unpaired) electrons. The zero-order valence-electron chi connectivity index (χ0n) is 12.1. The van der Waals surface area contributed by atoms with Gasteiger partial charge in [-0.05, 0) is 30.7 Å². The third-order valence-corrected chi connectivity index (χ3v) is 5.29. The summed E-state index contributed by atoms with van der Waals surface area (Å²) in [7, 11) is -3.19. The first kappa shape index (κ1) is 16.0. The molecule has 1 aliphatic heterocycles. The number of sulfonamides is 1. The summed E-state index contributed by atoms with van der Waals surface area (Å²) in [6.07, 6.45) is 3.36. The van der Waals surface area contributed by atoms with Crippen LogP contribution < -0.4 is 0 Å². The summed E-state index contributed by atoms with van der Waals surface area (Å²) in [5, 5.41) is 9.45. The first-order valence-electron chi connectivity index (χ1n) is 7.11. The summed E-state index contributed by atoms with van der Waals surface area (Å²) in [4.78, 5) is 11.5. The lowest BCUT2D eigenvalue weighted by atomic mass is 9.85. The number of hydrogen-bond acceptors (Lipinski definition) is 3. The quantitative estimate of drug-likeness (QED) is 0.901. The van der Waals surface area contributed by atoms with Gasteiger partial charge in [0.05, 0.1) is 12.2 Å². The molecular formula is C15H21NO4S. The summed E-state index contributed by atoms with van der Waals surface area (Å²) in [5.74, 6) is -1.33. The van der Waals surface area contributed by atoms with Crippen LogP contribution in [0.1, 0.15) is 30.7 Å². The molecule has 1 N–H and O–H groups in total. The fourth-order valence-electron chi connectivity index (χ4n) is 2.92. The maximum atomic E-state index is 11.6. The van der Waals surface area contributed by atoms with Gasteiger partial charge in [-0.3, -0.25) is 4.79 Å². The van der Waals surface area contributed by atoms with E-state index in [9.17, 15) is 18.3 Å². The zero-order chi connectivity index (χ0) is 15.5. The van der Waals surface area contributed by atoms with Crippen molar-refractivity contribution < 1.29 is 18.3 Å². The van der Waals surface area contributed by atoms with E-state index in [0.29, 0.717) is 19.5 Å². The molecule has 0 bridgehead atoms. The molecule has 1 heterocycles. The predicted octanol–water partition coefficient (Wildman–Crippen LogP) is 1.92. The number of hydrogen-bond donors (Lipinski definition) is 1. The Morgan fingerprint density at radius 1 is 1.38 bits per heavy atom. The summed E-state index contributed by atoms with van der Waals surface area (Å²) >= 11 is 0. The molecule has 6 heteroatoms. The highest BCUT2D eigenvalue weighted by Gasteiger charge is 2.30. The van der Waals surface area contributed by atoms with E-state index in [2.05, 4.69) is 0 Å². The minimum absolute atomic E-state index is 0.0924. The minimum Gasteiger partial charge on any atom is -0.481 e. The molecule has 1 aliphatic rings. The number of piperidine rings is 1. The van der Waals surface area contributed by atoms with Gasteiger partial charge in [0.15, 0.2) is 0 Å². The van der Waals surface area contributed by atoms with E-state index in [1.165, 1.54) is 10.6 Å². The van der Waals surface area contributed by atoms with E-state index in [4.69, 9.17) is 0 Å². The highest BCUT2D eigenvalue weighted by molar-refractivity contribution is 7.88. The van der Waals surface area contributed by atoms with Crippen LogP contribution >= 0.6 is 0 Å². The van der Waals surface area contributed by atoms with E-state index in [-0.39, 0.29) is 5.92 Å². The van der Waals surface area contributed by atoms with E-state index in [0.717, 1.165) is 18.4 Å². The van der Waals surface area contributed by atoms with Crippen molar-refractivity contribution in [2.24, 2.45) is 5.92 Å². The van der Waals surface area contributed by atoms with Gasteiger partial charge < -0.3 is 5.11 Å². The largest absolute Gasteiger partial charge is 0.481 e. The Morgan fingerprint density at radius 3 is 2.62 bits per heavy atom. The van der Waals surface area contributed by atoms with Crippen molar-refractivity contribution in [1.29, 1.82) is 0 Å². The molecule has 2 atom stereocenters. The molecule has 2 rings (SSSR count). The maximum Gasteiger partial charge on any atom is 0.310 e. The van der Waals surface area contributed by atoms with Gasteiger partial charge in [-0.15, -0.1) is 0 Å². The van der Waals surface area contributed by atoms with Crippen LogP contribution in [0.4, 0.5) is 0 Å². The van der Waals surface area contributed by atoms with Crippen molar-refractivity contribution in [2.45, 2.75) is 25.2 Å². The fraction of sp³-hybridized carbons (Fsp3) is 0.533. The first-order valence-corrected chi connectivity index (χ1v) is 8.95. The monoisotopic (exact) mass is 311 g/mol. The fourth-order valence-corrected chi connectivity index (χ4v) is 3.86. The molecular weight excluding hydrogens is 290 g/mol. The third-order valence-electron chi connectivity index (χ3n) is 4.02. The molecule has 0 aromatic heterocycles. The lowest BCUT2D eigenvalue weighted by molar-refractivity contribution is -0.139. The molecule has 1 fully saturated rings. The van der Waals surface area contributed by atoms with Crippen LogP contribution in [-0.4, -0.2) is 43.1 Å². The van der Waals surface area contributed by atoms with E-state index in [1.54, 1.807) is 0 Å². The molecule has 5 nitrogen and oxygen atoms in total. The van der Waals surface area contributed by atoms with Crippen molar-refractivity contribution in [3.05, 3.63) is 35.9 Å². The van der Waals surface area contributed by atoms with Crippen LogP contribution in [0.2, 0.25) is 0 Å². The molecule has 21 heavy (non-hydrogen) atoms. The lowest BCUT2D eigenvalue weighted by Crippen LogP contribution is -2.40. The van der Waals surface area contributed by atoms with Crippen LogP contribution in [0, 0.1) is 5.92 Å². The van der Waals surface area contributed by atoms with Crippen molar-refractivity contribution in [3.8, 4) is 0 Å². The third kappa shape index (κ3) is 4.28. The molecule has 0 amide bonds. The Hall–Kier alpha value is -1.40. The minimum atomic E-state index is -3.19. The second-order valence-corrected chi connectivity index (χ2v) is 7.65. The molecule has 116 valence electrons. The van der Waals surface area contributed by atoms with Crippen molar-refractivity contribution >= 4 is 16.0 Å². The van der Waals surface area contributed by atoms with Gasteiger partial charge in [-0.25, -0.2) is 12.7 Å². The summed E-state index contributed by atoms with van der Waals surface area (Å²) in [6, 6.07) is 9.14. The Morgan fingerprint density at radius 2 is 2.05 bits per heavy atom. The molecule has 0 spiro atoms. The van der Waals surface area contributed by atoms with Gasteiger partial charge in [-0.2, -0.15) is 0 Å². The SMILES string of the molecule is CS(=O)(=O)N1CCCC(CC(C(=O)O)c2ccccc2)C1. The van der Waals surface area contributed by atoms with E-state index in [1.807, 2.05) is 30.3 Å². The molecule has 1 saturated heterocycles. The van der Waals surface area contributed by atoms with Crippen LogP contribution in [0.3, 0.4) is 0 Å². The average molecular weight is 311 g/mol. The Balaban J connectivity index is 2.09. The molecule has 2 unspecified atom stereocenters. The molecule has 0 saturated carbocycles. The Labute approximate surface area is 125 Å². The van der Waals surface area contributed by atoms with Crippen LogP contribution in [0.25, 0.3) is 0 Å². The van der Waals surface area contributed by atoms with Gasteiger partial charge in [-0.1, -0.05) is 30.3 Å². The first-order chi connectivity index (χ1) is 9.88.